The lowest BCUT2D eigenvalue weighted by Crippen LogP contribution is -2.48. The highest BCUT2D eigenvalue weighted by atomic mass is 16.2. The number of rotatable bonds is 13. The van der Waals surface area contributed by atoms with Gasteiger partial charge in [0.25, 0.3) is 0 Å². The maximum atomic E-state index is 11.5. The van der Waals surface area contributed by atoms with Crippen molar-refractivity contribution in [3.63, 3.8) is 0 Å². The molecule has 138 valence electrons. The van der Waals surface area contributed by atoms with Gasteiger partial charge in [-0.2, -0.15) is 0 Å². The Morgan fingerprint density at radius 2 is 1.25 bits per heavy atom. The van der Waals surface area contributed by atoms with Gasteiger partial charge in [-0.05, 0) is 18.6 Å². The monoisotopic (exact) mass is 338 g/mol. The highest BCUT2D eigenvalue weighted by Gasteiger charge is 2.21. The molecule has 0 spiro atoms. The Kier molecular flexibility index (Phi) is 11.0. The number of hydrogen-bond acceptors (Lipinski definition) is 2. The molecule has 0 aliphatic heterocycles. The molecule has 2 amide bonds. The molecule has 0 saturated carbocycles. The number of likely N-dealkylation sites (N-methyl/N-ethyl adjacent to an activating group) is 2. The largest absolute Gasteiger partial charge is 0.342 e. The molecule has 0 aromatic rings. The van der Waals surface area contributed by atoms with Crippen LogP contribution >= 0.6 is 0 Å². The van der Waals surface area contributed by atoms with Crippen LogP contribution in [0.2, 0.25) is 0 Å². The van der Waals surface area contributed by atoms with Crippen molar-refractivity contribution in [2.45, 2.75) is 32.6 Å². The van der Waals surface area contributed by atoms with Crippen LogP contribution in [0.3, 0.4) is 0 Å². The van der Waals surface area contributed by atoms with Crippen LogP contribution in [0.1, 0.15) is 32.6 Å². The van der Waals surface area contributed by atoms with Gasteiger partial charge < -0.3 is 14.3 Å². The SMILES string of the molecule is C=CC(=O)N(C)CCC[N+](C)(CCCC)CCCN(C)C(=O)C=C. The van der Waals surface area contributed by atoms with Crippen molar-refractivity contribution in [3.05, 3.63) is 25.3 Å². The zero-order chi connectivity index (χ0) is 18.6. The summed E-state index contributed by atoms with van der Waals surface area (Å²) in [7, 11) is 5.91. The van der Waals surface area contributed by atoms with Crippen LogP contribution in [-0.4, -0.2) is 80.0 Å². The number of amides is 2. The Bertz CT molecular complexity index is 389. The first-order chi connectivity index (χ1) is 11.3. The molecule has 0 unspecified atom stereocenters. The smallest absolute Gasteiger partial charge is 0.245 e. The van der Waals surface area contributed by atoms with Crippen molar-refractivity contribution in [3.8, 4) is 0 Å². The predicted molar refractivity (Wildman–Crippen MR) is 101 cm³/mol. The molecule has 24 heavy (non-hydrogen) atoms. The first kappa shape index (κ1) is 22.4. The van der Waals surface area contributed by atoms with Gasteiger partial charge in [-0.15, -0.1) is 0 Å². The van der Waals surface area contributed by atoms with Crippen molar-refractivity contribution in [2.75, 3.05) is 53.9 Å². The molecule has 0 aromatic heterocycles. The summed E-state index contributed by atoms with van der Waals surface area (Å²) in [5.74, 6) is -0.0513. The van der Waals surface area contributed by atoms with E-state index in [4.69, 9.17) is 0 Å². The molecule has 0 aromatic carbocycles. The van der Waals surface area contributed by atoms with Gasteiger partial charge in [0.05, 0.1) is 26.7 Å². The number of unbranched alkanes of at least 4 members (excludes halogenated alkanes) is 1. The average molecular weight is 339 g/mol. The standard InChI is InChI=1S/C19H36N3O2/c1-7-10-15-22(6,16-11-13-20(4)18(23)8-2)17-12-14-21(5)19(24)9-3/h8-9H,2-3,7,10-17H2,1,4-6H3/q+1. The van der Waals surface area contributed by atoms with Gasteiger partial charge in [-0.3, -0.25) is 9.59 Å². The van der Waals surface area contributed by atoms with Crippen molar-refractivity contribution < 1.29 is 14.1 Å². The van der Waals surface area contributed by atoms with E-state index >= 15 is 0 Å². The lowest BCUT2D eigenvalue weighted by molar-refractivity contribution is -0.910. The number of nitrogens with zero attached hydrogens (tertiary/aromatic N) is 3. The highest BCUT2D eigenvalue weighted by molar-refractivity contribution is 5.87. The first-order valence-corrected chi connectivity index (χ1v) is 8.88. The van der Waals surface area contributed by atoms with Gasteiger partial charge >= 0.3 is 0 Å². The molecule has 0 radical (unpaired) electrons. The molecule has 5 heteroatoms. The Morgan fingerprint density at radius 1 is 0.875 bits per heavy atom. The van der Waals surface area contributed by atoms with Crippen molar-refractivity contribution >= 4 is 11.8 Å². The number of hydrogen-bond donors (Lipinski definition) is 0. The maximum absolute atomic E-state index is 11.5. The third-order valence-corrected chi connectivity index (χ3v) is 4.54. The molecule has 0 rings (SSSR count). The summed E-state index contributed by atoms with van der Waals surface area (Å²) >= 11 is 0. The van der Waals surface area contributed by atoms with Gasteiger partial charge in [-0.25, -0.2) is 0 Å². The van der Waals surface area contributed by atoms with E-state index in [2.05, 4.69) is 27.1 Å². The molecule has 0 atom stereocenters. The minimum absolute atomic E-state index is 0.0256. The van der Waals surface area contributed by atoms with E-state index < -0.39 is 0 Å². The van der Waals surface area contributed by atoms with E-state index in [9.17, 15) is 9.59 Å². The molecule has 0 fully saturated rings. The first-order valence-electron chi connectivity index (χ1n) is 8.88. The summed E-state index contributed by atoms with van der Waals surface area (Å²) in [6.07, 6.45) is 7.03. The van der Waals surface area contributed by atoms with E-state index in [0.29, 0.717) is 0 Å². The summed E-state index contributed by atoms with van der Waals surface area (Å²) in [6.45, 7) is 14.0. The molecule has 5 nitrogen and oxygen atoms in total. The second-order valence-electron chi connectivity index (χ2n) is 6.78. The second kappa shape index (κ2) is 11.8. The predicted octanol–water partition coefficient (Wildman–Crippen LogP) is 2.30. The van der Waals surface area contributed by atoms with E-state index in [1.54, 1.807) is 9.80 Å². The van der Waals surface area contributed by atoms with Crippen LogP contribution < -0.4 is 0 Å². The molecule has 0 N–H and O–H groups in total. The minimum Gasteiger partial charge on any atom is -0.342 e. The van der Waals surface area contributed by atoms with Gasteiger partial charge in [0.1, 0.15) is 0 Å². The molecule has 0 heterocycles. The van der Waals surface area contributed by atoms with E-state index in [0.717, 1.165) is 50.0 Å². The van der Waals surface area contributed by atoms with Crippen molar-refractivity contribution in [1.82, 2.24) is 9.80 Å². The van der Waals surface area contributed by atoms with Gasteiger partial charge in [-0.1, -0.05) is 26.5 Å². The van der Waals surface area contributed by atoms with Gasteiger partial charge in [0, 0.05) is 40.0 Å². The minimum atomic E-state index is -0.0256. The lowest BCUT2D eigenvalue weighted by Gasteiger charge is -2.35. The Hall–Kier alpha value is -1.62. The number of quaternary nitrogens is 1. The molecular weight excluding hydrogens is 302 g/mol. The fraction of sp³-hybridized carbons (Fsp3) is 0.684. The Balaban J connectivity index is 4.43. The second-order valence-corrected chi connectivity index (χ2v) is 6.78. The van der Waals surface area contributed by atoms with Crippen LogP contribution in [0.4, 0.5) is 0 Å². The fourth-order valence-electron chi connectivity index (χ4n) is 2.79. The molecule has 0 bridgehead atoms. The van der Waals surface area contributed by atoms with Gasteiger partial charge in [0.2, 0.25) is 11.8 Å². The van der Waals surface area contributed by atoms with Crippen LogP contribution in [0.5, 0.6) is 0 Å². The van der Waals surface area contributed by atoms with Crippen LogP contribution in [0.25, 0.3) is 0 Å². The average Bonchev–Trinajstić information content (AvgIpc) is 2.58. The molecular formula is C19H36N3O2+. The van der Waals surface area contributed by atoms with Crippen LogP contribution in [0.15, 0.2) is 25.3 Å². The summed E-state index contributed by atoms with van der Waals surface area (Å²) in [5, 5.41) is 0. The third kappa shape index (κ3) is 8.87. The topological polar surface area (TPSA) is 40.6 Å². The molecule has 0 aliphatic carbocycles. The lowest BCUT2D eigenvalue weighted by atomic mass is 10.2. The summed E-state index contributed by atoms with van der Waals surface area (Å²) in [5.41, 5.74) is 0. The van der Waals surface area contributed by atoms with E-state index in [-0.39, 0.29) is 11.8 Å². The van der Waals surface area contributed by atoms with E-state index in [1.165, 1.54) is 25.0 Å². The maximum Gasteiger partial charge on any atom is 0.245 e. The molecule has 0 aliphatic rings. The zero-order valence-electron chi connectivity index (χ0n) is 16.1. The Labute approximate surface area is 148 Å². The molecule has 0 saturated heterocycles. The quantitative estimate of drug-likeness (QED) is 0.382. The summed E-state index contributed by atoms with van der Waals surface area (Å²) in [6, 6.07) is 0. The van der Waals surface area contributed by atoms with Crippen LogP contribution in [-0.2, 0) is 9.59 Å². The Morgan fingerprint density at radius 3 is 1.58 bits per heavy atom. The normalized spacial score (nSPS) is 11.0. The van der Waals surface area contributed by atoms with Crippen molar-refractivity contribution in [1.29, 1.82) is 0 Å². The van der Waals surface area contributed by atoms with Crippen molar-refractivity contribution in [2.24, 2.45) is 0 Å². The van der Waals surface area contributed by atoms with E-state index in [1.807, 2.05) is 14.1 Å². The van der Waals surface area contributed by atoms with Crippen LogP contribution in [0, 0.1) is 0 Å². The highest BCUT2D eigenvalue weighted by Crippen LogP contribution is 2.10. The third-order valence-electron chi connectivity index (χ3n) is 4.54. The fourth-order valence-corrected chi connectivity index (χ4v) is 2.79. The number of carbonyl (C=O) groups excluding carboxylic acids is 2. The van der Waals surface area contributed by atoms with Gasteiger partial charge in [0.15, 0.2) is 0 Å². The summed E-state index contributed by atoms with van der Waals surface area (Å²) in [4.78, 5) is 26.5. The summed E-state index contributed by atoms with van der Waals surface area (Å²) < 4.78 is 0.986. The number of carbonyl (C=O) groups is 2. The zero-order valence-corrected chi connectivity index (χ0v) is 16.1.